The monoisotopic (exact) mass is 466 g/mol. The van der Waals surface area contributed by atoms with Gasteiger partial charge in [-0.15, -0.1) is 0 Å². The minimum Gasteiger partial charge on any atom is -0.0591 e. The van der Waals surface area contributed by atoms with Gasteiger partial charge in [-0.05, 0) is 110 Å². The van der Waals surface area contributed by atoms with Gasteiger partial charge in [0.2, 0.25) is 0 Å². The summed E-state index contributed by atoms with van der Waals surface area (Å²) in [4.78, 5) is 0. The van der Waals surface area contributed by atoms with E-state index in [4.69, 9.17) is 0 Å². The molecule has 0 aromatic heterocycles. The molecule has 0 heteroatoms. The summed E-state index contributed by atoms with van der Waals surface area (Å²) in [6, 6.07) is 28.0. The van der Waals surface area contributed by atoms with Gasteiger partial charge in [-0.3, -0.25) is 0 Å². The third-order valence-electron chi connectivity index (χ3n) is 6.21. The van der Waals surface area contributed by atoms with E-state index in [1.165, 1.54) is 61.2 Å². The maximum atomic E-state index is 2.20. The summed E-state index contributed by atoms with van der Waals surface area (Å²) in [5, 5.41) is 0. The van der Waals surface area contributed by atoms with Crippen molar-refractivity contribution in [1.29, 1.82) is 0 Å². The van der Waals surface area contributed by atoms with Gasteiger partial charge in [0, 0.05) is 0 Å². The van der Waals surface area contributed by atoms with Crippen LogP contribution in [0.3, 0.4) is 0 Å². The molecule has 0 radical (unpaired) electrons. The number of rotatable bonds is 0. The number of benzene rings is 4. The molecule has 0 saturated carbocycles. The van der Waals surface area contributed by atoms with Crippen LogP contribution in [0.25, 0.3) is 0 Å². The molecule has 0 heterocycles. The first-order valence-electron chi connectivity index (χ1n) is 12.5. The van der Waals surface area contributed by atoms with Crippen molar-refractivity contribution in [3.05, 3.63) is 140 Å². The van der Waals surface area contributed by atoms with Gasteiger partial charge in [0.15, 0.2) is 0 Å². The highest BCUT2D eigenvalue weighted by Crippen LogP contribution is 2.09. The van der Waals surface area contributed by atoms with Crippen LogP contribution in [0.5, 0.6) is 0 Å². The van der Waals surface area contributed by atoms with Gasteiger partial charge in [0.05, 0.1) is 0 Å². The Kier molecular flexibility index (Phi) is 12.8. The molecule has 186 valence electrons. The van der Waals surface area contributed by atoms with E-state index in [-0.39, 0.29) is 0 Å². The fourth-order valence-corrected chi connectivity index (χ4v) is 3.31. The van der Waals surface area contributed by atoms with E-state index in [0.29, 0.717) is 0 Å². The van der Waals surface area contributed by atoms with Gasteiger partial charge < -0.3 is 0 Å². The zero-order chi connectivity index (χ0) is 26.5. The first-order valence-corrected chi connectivity index (χ1v) is 12.5. The van der Waals surface area contributed by atoms with Crippen LogP contribution in [0.4, 0.5) is 0 Å². The molecule has 0 aliphatic rings. The quantitative estimate of drug-likeness (QED) is 0.242. The van der Waals surface area contributed by atoms with Crippen molar-refractivity contribution >= 4 is 0 Å². The van der Waals surface area contributed by atoms with Gasteiger partial charge in [0.25, 0.3) is 0 Å². The van der Waals surface area contributed by atoms with E-state index in [0.717, 1.165) is 0 Å². The Hall–Kier alpha value is -3.12. The third-order valence-corrected chi connectivity index (χ3v) is 6.21. The van der Waals surface area contributed by atoms with E-state index in [2.05, 4.69) is 155 Å². The lowest BCUT2D eigenvalue weighted by molar-refractivity contribution is 1.30. The SMILES string of the molecule is Cc1ccc(C)c(C)c1.Cc1ccc(C)c(C)c1.Cc1ccc(C)c(C)c1.Cc1ccc(C)cc1. The van der Waals surface area contributed by atoms with Gasteiger partial charge in [-0.25, -0.2) is 0 Å². The highest BCUT2D eigenvalue weighted by molar-refractivity contribution is 5.30. The predicted octanol–water partition coefficient (Wildman–Crippen LogP) is 10.1. The number of aryl methyl sites for hydroxylation is 11. The van der Waals surface area contributed by atoms with E-state index < -0.39 is 0 Å². The molecule has 0 nitrogen and oxygen atoms in total. The van der Waals surface area contributed by atoms with Gasteiger partial charge >= 0.3 is 0 Å². The minimum absolute atomic E-state index is 1.33. The second kappa shape index (κ2) is 15.0. The Morgan fingerprint density at radius 2 is 0.429 bits per heavy atom. The summed E-state index contributed by atoms with van der Waals surface area (Å²) in [7, 11) is 0. The zero-order valence-corrected chi connectivity index (χ0v) is 24.0. The lowest BCUT2D eigenvalue weighted by atomic mass is 10.1. The standard InChI is InChI=1S/3C9H12.C8H10/c3*1-7-4-5-8(2)9(3)6-7;1-7-3-5-8(2)6-4-7/h3*4-6H,1-3H3;3-6H,1-2H3. The predicted molar refractivity (Wildman–Crippen MR) is 158 cm³/mol. The summed E-state index contributed by atoms with van der Waals surface area (Å²) in [6.45, 7) is 23.4. The van der Waals surface area contributed by atoms with Crippen molar-refractivity contribution in [3.8, 4) is 0 Å². The molecule has 0 amide bonds. The average molecular weight is 467 g/mol. The molecule has 4 aromatic carbocycles. The largest absolute Gasteiger partial charge is 0.0591 e. The third kappa shape index (κ3) is 12.2. The Morgan fingerprint density at radius 1 is 0.229 bits per heavy atom. The fraction of sp³-hybridized carbons (Fsp3) is 0.314. The van der Waals surface area contributed by atoms with E-state index >= 15 is 0 Å². The molecule has 0 unspecified atom stereocenters. The molecule has 4 aromatic rings. The molecule has 0 atom stereocenters. The molecule has 0 fully saturated rings. The topological polar surface area (TPSA) is 0 Å². The molecule has 35 heavy (non-hydrogen) atoms. The second-order valence-corrected chi connectivity index (χ2v) is 9.92. The van der Waals surface area contributed by atoms with Gasteiger partial charge in [0.1, 0.15) is 0 Å². The van der Waals surface area contributed by atoms with Crippen molar-refractivity contribution in [3.63, 3.8) is 0 Å². The highest BCUT2D eigenvalue weighted by atomic mass is 14.0. The van der Waals surface area contributed by atoms with Crippen LogP contribution in [0.15, 0.2) is 78.9 Å². The van der Waals surface area contributed by atoms with E-state index in [9.17, 15) is 0 Å². The maximum Gasteiger partial charge on any atom is -0.0395 e. The minimum atomic E-state index is 1.33. The van der Waals surface area contributed by atoms with E-state index in [1.807, 2.05) is 0 Å². The van der Waals surface area contributed by atoms with Crippen molar-refractivity contribution in [2.75, 3.05) is 0 Å². The molecular weight excluding hydrogens is 420 g/mol. The second-order valence-electron chi connectivity index (χ2n) is 9.92. The van der Waals surface area contributed by atoms with Gasteiger partial charge in [-0.1, -0.05) is 107 Å². The Balaban J connectivity index is 0.000000234. The highest BCUT2D eigenvalue weighted by Gasteiger charge is 1.90. The van der Waals surface area contributed by atoms with Crippen molar-refractivity contribution in [2.45, 2.75) is 76.2 Å². The average Bonchev–Trinajstić information content (AvgIpc) is 2.80. The zero-order valence-electron chi connectivity index (χ0n) is 24.0. The number of hydrogen-bond acceptors (Lipinski definition) is 0. The van der Waals surface area contributed by atoms with Crippen LogP contribution < -0.4 is 0 Å². The van der Waals surface area contributed by atoms with Crippen molar-refractivity contribution in [1.82, 2.24) is 0 Å². The van der Waals surface area contributed by atoms with Crippen molar-refractivity contribution < 1.29 is 0 Å². The van der Waals surface area contributed by atoms with Crippen LogP contribution in [-0.2, 0) is 0 Å². The molecule has 0 aliphatic carbocycles. The van der Waals surface area contributed by atoms with Gasteiger partial charge in [-0.2, -0.15) is 0 Å². The summed E-state index contributed by atoms with van der Waals surface area (Å²) in [5.74, 6) is 0. The molecule has 0 aliphatic heterocycles. The van der Waals surface area contributed by atoms with Crippen LogP contribution in [0.1, 0.15) is 61.2 Å². The Bertz CT molecular complexity index is 1040. The molecule has 0 spiro atoms. The summed E-state index contributed by atoms with van der Waals surface area (Å²) in [6.07, 6.45) is 0. The summed E-state index contributed by atoms with van der Waals surface area (Å²) in [5.41, 5.74) is 15.0. The molecule has 0 bridgehead atoms. The molecule has 0 N–H and O–H groups in total. The van der Waals surface area contributed by atoms with Crippen molar-refractivity contribution in [2.24, 2.45) is 0 Å². The summed E-state index contributed by atoms with van der Waals surface area (Å²) < 4.78 is 0. The van der Waals surface area contributed by atoms with Crippen LogP contribution >= 0.6 is 0 Å². The first kappa shape index (κ1) is 29.9. The number of hydrogen-bond donors (Lipinski definition) is 0. The smallest absolute Gasteiger partial charge is 0.0395 e. The maximum absolute atomic E-state index is 2.20. The fourth-order valence-electron chi connectivity index (χ4n) is 3.31. The lowest BCUT2D eigenvalue weighted by Crippen LogP contribution is -1.79. The lowest BCUT2D eigenvalue weighted by Gasteiger charge is -1.98. The van der Waals surface area contributed by atoms with Crippen LogP contribution in [0, 0.1) is 76.2 Å². The molecule has 0 saturated heterocycles. The van der Waals surface area contributed by atoms with E-state index in [1.54, 1.807) is 0 Å². The normalized spacial score (nSPS) is 9.57. The Labute approximate surface area is 216 Å². The summed E-state index contributed by atoms with van der Waals surface area (Å²) >= 11 is 0. The van der Waals surface area contributed by atoms with Crippen LogP contribution in [0.2, 0.25) is 0 Å². The molecule has 4 rings (SSSR count). The van der Waals surface area contributed by atoms with Crippen LogP contribution in [-0.4, -0.2) is 0 Å². The molecular formula is C35H46. The first-order chi connectivity index (χ1) is 16.4. The Morgan fingerprint density at radius 3 is 0.600 bits per heavy atom.